The summed E-state index contributed by atoms with van der Waals surface area (Å²) in [6.45, 7) is 0.445. The van der Waals surface area contributed by atoms with Crippen molar-refractivity contribution in [2.75, 3.05) is 13.1 Å². The largest absolute Gasteiger partial charge is 0.475 e. The molecule has 2 saturated carbocycles. The Kier molecular flexibility index (Phi) is 4.75. The van der Waals surface area contributed by atoms with Crippen LogP contribution in [0.3, 0.4) is 0 Å². The zero-order valence-electron chi connectivity index (χ0n) is 15.0. The van der Waals surface area contributed by atoms with E-state index in [1.54, 1.807) is 0 Å². The second-order valence-electron chi connectivity index (χ2n) is 7.89. The van der Waals surface area contributed by atoms with E-state index in [9.17, 15) is 18.0 Å². The van der Waals surface area contributed by atoms with Gasteiger partial charge in [-0.15, -0.1) is 0 Å². The number of carbonyl (C=O) groups excluding carboxylic acids is 1. The summed E-state index contributed by atoms with van der Waals surface area (Å²) < 4.78 is 31.4. The van der Waals surface area contributed by atoms with E-state index in [1.807, 2.05) is 0 Å². The second-order valence-corrected chi connectivity index (χ2v) is 9.76. The number of carboxylic acid groups (broad SMARTS) is 1. The summed E-state index contributed by atoms with van der Waals surface area (Å²) >= 11 is 0. The van der Waals surface area contributed by atoms with Gasteiger partial charge in [0.05, 0.1) is 0 Å². The average molecular weight is 396 g/mol. The van der Waals surface area contributed by atoms with Crippen molar-refractivity contribution in [1.82, 2.24) is 9.62 Å². The third-order valence-corrected chi connectivity index (χ3v) is 8.05. The number of furan rings is 1. The monoisotopic (exact) mass is 396 g/mol. The summed E-state index contributed by atoms with van der Waals surface area (Å²) in [5.41, 5.74) is 0. The Labute approximate surface area is 158 Å². The predicted octanol–water partition coefficient (Wildman–Crippen LogP) is 1.68. The minimum absolute atomic E-state index is 0.0377. The smallest absolute Gasteiger partial charge is 0.371 e. The van der Waals surface area contributed by atoms with Crippen LogP contribution in [0.2, 0.25) is 0 Å². The molecule has 3 unspecified atom stereocenters. The van der Waals surface area contributed by atoms with Crippen LogP contribution in [-0.2, 0) is 14.8 Å². The lowest BCUT2D eigenvalue weighted by atomic mass is 9.93. The summed E-state index contributed by atoms with van der Waals surface area (Å²) in [4.78, 5) is 23.5. The number of fused-ring (bicyclic) bond motifs is 2. The molecular formula is C18H24N2O6S. The summed E-state index contributed by atoms with van der Waals surface area (Å²) in [5, 5.41) is 11.7. The van der Waals surface area contributed by atoms with Gasteiger partial charge in [0.1, 0.15) is 0 Å². The number of nitrogens with one attached hydrogen (secondary N) is 1. The van der Waals surface area contributed by atoms with Gasteiger partial charge < -0.3 is 14.8 Å². The number of sulfonamides is 1. The molecule has 3 aliphatic rings. The molecule has 3 atom stereocenters. The molecule has 1 amide bonds. The summed E-state index contributed by atoms with van der Waals surface area (Å²) in [6.07, 6.45) is 5.70. The Hall–Kier alpha value is -1.87. The van der Waals surface area contributed by atoms with E-state index in [0.29, 0.717) is 18.8 Å². The van der Waals surface area contributed by atoms with Crippen LogP contribution in [-0.4, -0.2) is 48.8 Å². The fourth-order valence-corrected chi connectivity index (χ4v) is 6.16. The maximum absolute atomic E-state index is 12.6. The molecule has 2 N–H and O–H groups in total. The van der Waals surface area contributed by atoms with Crippen molar-refractivity contribution < 1.29 is 27.5 Å². The Morgan fingerprint density at radius 2 is 1.85 bits per heavy atom. The SMILES string of the molecule is O=C(O)c1ccc(S(=O)(=O)N2CCC(C(=O)NC3CC4CCC3C4)CC2)o1. The van der Waals surface area contributed by atoms with Gasteiger partial charge in [-0.3, -0.25) is 4.79 Å². The molecule has 0 spiro atoms. The van der Waals surface area contributed by atoms with Gasteiger partial charge in [-0.05, 0) is 56.1 Å². The molecule has 4 rings (SSSR count). The molecule has 1 aromatic rings. The fraction of sp³-hybridized carbons (Fsp3) is 0.667. The highest BCUT2D eigenvalue weighted by Gasteiger charge is 2.41. The number of rotatable bonds is 5. The van der Waals surface area contributed by atoms with Gasteiger partial charge in [0, 0.05) is 25.0 Å². The quantitative estimate of drug-likeness (QED) is 0.782. The number of nitrogens with zero attached hydrogens (tertiary/aromatic N) is 1. The average Bonchev–Trinajstić information content (AvgIpc) is 3.38. The van der Waals surface area contributed by atoms with Crippen molar-refractivity contribution in [3.8, 4) is 0 Å². The molecule has 1 saturated heterocycles. The van der Waals surface area contributed by atoms with Gasteiger partial charge in [0.25, 0.3) is 10.0 Å². The minimum atomic E-state index is -3.88. The number of aromatic carboxylic acids is 1. The topological polar surface area (TPSA) is 117 Å². The lowest BCUT2D eigenvalue weighted by Gasteiger charge is -2.31. The van der Waals surface area contributed by atoms with E-state index >= 15 is 0 Å². The Morgan fingerprint density at radius 3 is 2.41 bits per heavy atom. The molecule has 2 aliphatic carbocycles. The van der Waals surface area contributed by atoms with Crippen LogP contribution in [0.15, 0.2) is 21.6 Å². The standard InChI is InChI=1S/C18H24N2O6S/c21-17(19-14-10-11-1-2-13(14)9-11)12-5-7-20(8-6-12)27(24,25)16-4-3-15(26-16)18(22)23/h3-4,11-14H,1-2,5-10H2,(H,19,21)(H,22,23). The number of hydrogen-bond acceptors (Lipinski definition) is 5. The van der Waals surface area contributed by atoms with Crippen LogP contribution in [0, 0.1) is 17.8 Å². The second kappa shape index (κ2) is 6.94. The highest BCUT2D eigenvalue weighted by molar-refractivity contribution is 7.89. The Bertz CT molecular complexity index is 840. The molecule has 1 aromatic heterocycles. The van der Waals surface area contributed by atoms with Gasteiger partial charge in [0.2, 0.25) is 16.8 Å². The first-order chi connectivity index (χ1) is 12.8. The summed E-state index contributed by atoms with van der Waals surface area (Å²) in [6, 6.07) is 2.58. The molecule has 148 valence electrons. The summed E-state index contributed by atoms with van der Waals surface area (Å²) in [5.74, 6) is -0.489. The van der Waals surface area contributed by atoms with Crippen LogP contribution in [0.1, 0.15) is 49.1 Å². The van der Waals surface area contributed by atoms with Crippen LogP contribution >= 0.6 is 0 Å². The molecule has 3 fully saturated rings. The number of hydrogen-bond donors (Lipinski definition) is 2. The zero-order chi connectivity index (χ0) is 19.2. The molecule has 8 nitrogen and oxygen atoms in total. The summed E-state index contributed by atoms with van der Waals surface area (Å²) in [7, 11) is -3.88. The Morgan fingerprint density at radius 1 is 1.11 bits per heavy atom. The number of carbonyl (C=O) groups is 2. The molecule has 0 radical (unpaired) electrons. The van der Waals surface area contributed by atoms with Gasteiger partial charge in [-0.1, -0.05) is 6.42 Å². The minimum Gasteiger partial charge on any atom is -0.475 e. The molecule has 27 heavy (non-hydrogen) atoms. The molecule has 0 aromatic carbocycles. The maximum Gasteiger partial charge on any atom is 0.371 e. The number of amides is 1. The highest BCUT2D eigenvalue weighted by Crippen LogP contribution is 2.44. The normalized spacial score (nSPS) is 29.1. The van der Waals surface area contributed by atoms with Crippen molar-refractivity contribution >= 4 is 21.9 Å². The molecule has 2 bridgehead atoms. The van der Waals surface area contributed by atoms with E-state index in [-0.39, 0.29) is 36.0 Å². The Balaban J connectivity index is 1.33. The zero-order valence-corrected chi connectivity index (χ0v) is 15.8. The maximum atomic E-state index is 12.6. The predicted molar refractivity (Wildman–Crippen MR) is 94.5 cm³/mol. The van der Waals surface area contributed by atoms with Crippen molar-refractivity contribution in [2.45, 2.75) is 49.7 Å². The van der Waals surface area contributed by atoms with Gasteiger partial charge in [-0.2, -0.15) is 4.31 Å². The van der Waals surface area contributed by atoms with Gasteiger partial charge in [-0.25, -0.2) is 13.2 Å². The molecular weight excluding hydrogens is 372 g/mol. The fourth-order valence-electron chi connectivity index (χ4n) is 4.78. The van der Waals surface area contributed by atoms with E-state index in [0.717, 1.165) is 24.5 Å². The van der Waals surface area contributed by atoms with E-state index in [1.165, 1.54) is 23.6 Å². The van der Waals surface area contributed by atoms with E-state index < -0.39 is 21.8 Å². The first-order valence-electron chi connectivity index (χ1n) is 9.48. The van der Waals surface area contributed by atoms with Crippen LogP contribution < -0.4 is 5.32 Å². The molecule has 9 heteroatoms. The first-order valence-corrected chi connectivity index (χ1v) is 10.9. The van der Waals surface area contributed by atoms with Crippen LogP contribution in [0.25, 0.3) is 0 Å². The van der Waals surface area contributed by atoms with E-state index in [4.69, 9.17) is 9.52 Å². The lowest BCUT2D eigenvalue weighted by Crippen LogP contribution is -2.46. The number of piperidine rings is 1. The van der Waals surface area contributed by atoms with Crippen molar-refractivity contribution in [3.05, 3.63) is 17.9 Å². The molecule has 1 aliphatic heterocycles. The van der Waals surface area contributed by atoms with Gasteiger partial charge >= 0.3 is 5.97 Å². The van der Waals surface area contributed by atoms with E-state index in [2.05, 4.69) is 5.32 Å². The van der Waals surface area contributed by atoms with Crippen LogP contribution in [0.4, 0.5) is 0 Å². The third-order valence-electron chi connectivity index (χ3n) is 6.28. The van der Waals surface area contributed by atoms with Crippen molar-refractivity contribution in [3.63, 3.8) is 0 Å². The van der Waals surface area contributed by atoms with Crippen molar-refractivity contribution in [1.29, 1.82) is 0 Å². The number of carboxylic acids is 1. The lowest BCUT2D eigenvalue weighted by molar-refractivity contribution is -0.127. The van der Waals surface area contributed by atoms with Crippen molar-refractivity contribution in [2.24, 2.45) is 17.8 Å². The van der Waals surface area contributed by atoms with Gasteiger partial charge in [0.15, 0.2) is 0 Å². The third kappa shape index (κ3) is 3.50. The highest BCUT2D eigenvalue weighted by atomic mass is 32.2. The first kappa shape index (κ1) is 18.5. The molecule has 2 heterocycles. The van der Waals surface area contributed by atoms with Crippen LogP contribution in [0.5, 0.6) is 0 Å².